The summed E-state index contributed by atoms with van der Waals surface area (Å²) in [5.74, 6) is 0.204. The third-order valence-corrected chi connectivity index (χ3v) is 5.02. The molecule has 0 spiro atoms. The van der Waals surface area contributed by atoms with E-state index >= 15 is 0 Å². The van der Waals surface area contributed by atoms with Gasteiger partial charge >= 0.3 is 0 Å². The minimum absolute atomic E-state index is 0.00826. The average molecular weight is 510 g/mol. The van der Waals surface area contributed by atoms with E-state index in [1.165, 1.54) is 30.1 Å². The van der Waals surface area contributed by atoms with Crippen molar-refractivity contribution in [3.8, 4) is 17.3 Å². The molecule has 0 unspecified atom stereocenters. The molecule has 2 heterocycles. The molecule has 1 amide bonds. The van der Waals surface area contributed by atoms with Crippen LogP contribution in [-0.4, -0.2) is 63.5 Å². The van der Waals surface area contributed by atoms with Gasteiger partial charge in [-0.05, 0) is 65.9 Å². The number of amides is 1. The van der Waals surface area contributed by atoms with E-state index in [2.05, 4.69) is 35.8 Å². The van der Waals surface area contributed by atoms with Crippen molar-refractivity contribution >= 4 is 17.9 Å². The van der Waals surface area contributed by atoms with E-state index in [0.29, 0.717) is 29.3 Å². The van der Waals surface area contributed by atoms with E-state index in [0.717, 1.165) is 5.56 Å². The van der Waals surface area contributed by atoms with Crippen LogP contribution in [0.3, 0.4) is 0 Å². The van der Waals surface area contributed by atoms with Gasteiger partial charge in [-0.2, -0.15) is 9.78 Å². The van der Waals surface area contributed by atoms with Gasteiger partial charge in [-0.25, -0.2) is 14.4 Å². The number of nitrogens with zero attached hydrogens (tertiary/aromatic N) is 7. The van der Waals surface area contributed by atoms with E-state index in [-0.39, 0.29) is 29.8 Å². The molecule has 0 aliphatic carbocycles. The molecule has 0 saturated heterocycles. The van der Waals surface area contributed by atoms with Crippen LogP contribution in [0, 0.1) is 5.82 Å². The highest BCUT2D eigenvalue weighted by Gasteiger charge is 2.24. The minimum Gasteiger partial charge on any atom is -0.493 e. The maximum Gasteiger partial charge on any atom is 0.293 e. The molecule has 3 N–H and O–H groups in total. The first-order valence-electron chi connectivity index (χ1n) is 10.9. The third-order valence-electron chi connectivity index (χ3n) is 5.02. The normalized spacial score (nSPS) is 11.3. The number of carbonyl (C=O) groups is 1. The zero-order chi connectivity index (χ0) is 26.4. The molecule has 0 saturated carbocycles. The second-order valence-corrected chi connectivity index (χ2v) is 8.03. The molecular weight excluding hydrogens is 485 g/mol. The summed E-state index contributed by atoms with van der Waals surface area (Å²) in [6.45, 7) is 0.550. The number of nitrogens with one attached hydrogen (secondary N) is 1. The van der Waals surface area contributed by atoms with Crippen LogP contribution in [0.2, 0.25) is 0 Å². The second-order valence-electron chi connectivity index (χ2n) is 8.03. The second kappa shape index (κ2) is 11.3. The first-order valence-corrected chi connectivity index (χ1v) is 10.9. The maximum absolute atomic E-state index is 13.1. The number of carbonyl (C=O) groups excluding carboxylic acids is 1. The predicted molar refractivity (Wildman–Crippen MR) is 130 cm³/mol. The minimum atomic E-state index is -0.583. The van der Waals surface area contributed by atoms with Gasteiger partial charge in [-0.1, -0.05) is 17.3 Å². The van der Waals surface area contributed by atoms with Crippen molar-refractivity contribution in [1.29, 1.82) is 0 Å². The van der Waals surface area contributed by atoms with Gasteiger partial charge in [0.1, 0.15) is 12.4 Å². The van der Waals surface area contributed by atoms with Crippen LogP contribution < -0.4 is 20.6 Å². The smallest absolute Gasteiger partial charge is 0.293 e. The zero-order valence-electron chi connectivity index (χ0n) is 20.3. The lowest BCUT2D eigenvalue weighted by Crippen LogP contribution is -2.23. The van der Waals surface area contributed by atoms with E-state index in [1.54, 1.807) is 30.3 Å². The number of hydrazone groups is 1. The fourth-order valence-electron chi connectivity index (χ4n) is 3.27. The Morgan fingerprint density at radius 1 is 1.22 bits per heavy atom. The summed E-state index contributed by atoms with van der Waals surface area (Å²) >= 11 is 0. The van der Waals surface area contributed by atoms with Gasteiger partial charge in [0, 0.05) is 6.54 Å². The Morgan fingerprint density at radius 3 is 2.68 bits per heavy atom. The number of aromatic nitrogens is 5. The SMILES string of the molecule is COc1cc(/C=N\NC(=O)c2nnn(-c3nonc3N)c2CN(C)C)ccc1OCc1ccc(F)cc1. The fourth-order valence-corrected chi connectivity index (χ4v) is 3.27. The predicted octanol–water partition coefficient (Wildman–Crippen LogP) is 1.78. The molecule has 13 nitrogen and oxygen atoms in total. The molecule has 2 aromatic heterocycles. The van der Waals surface area contributed by atoms with Crippen LogP contribution >= 0.6 is 0 Å². The Labute approximate surface area is 210 Å². The van der Waals surface area contributed by atoms with Crippen molar-refractivity contribution in [2.24, 2.45) is 5.10 Å². The number of benzene rings is 2. The summed E-state index contributed by atoms with van der Waals surface area (Å²) in [6.07, 6.45) is 1.44. The van der Waals surface area contributed by atoms with E-state index in [4.69, 9.17) is 15.2 Å². The highest BCUT2D eigenvalue weighted by Crippen LogP contribution is 2.28. The number of nitrogen functional groups attached to an aromatic ring is 1. The number of nitrogens with two attached hydrogens (primary N) is 1. The molecule has 0 aliphatic heterocycles. The van der Waals surface area contributed by atoms with Crippen molar-refractivity contribution in [2.45, 2.75) is 13.2 Å². The van der Waals surface area contributed by atoms with Gasteiger partial charge in [0.05, 0.1) is 19.0 Å². The fraction of sp³-hybridized carbons (Fsp3) is 0.217. The van der Waals surface area contributed by atoms with E-state index in [9.17, 15) is 9.18 Å². The lowest BCUT2D eigenvalue weighted by molar-refractivity contribution is 0.0948. The average Bonchev–Trinajstić information content (AvgIpc) is 3.49. The van der Waals surface area contributed by atoms with Crippen LogP contribution in [0.15, 0.2) is 52.2 Å². The number of hydrogen-bond acceptors (Lipinski definition) is 11. The summed E-state index contributed by atoms with van der Waals surface area (Å²) < 4.78 is 30.2. The summed E-state index contributed by atoms with van der Waals surface area (Å²) in [7, 11) is 5.15. The summed E-state index contributed by atoms with van der Waals surface area (Å²) in [5, 5.41) is 19.2. The summed E-state index contributed by atoms with van der Waals surface area (Å²) in [4.78, 5) is 14.6. The van der Waals surface area contributed by atoms with Crippen molar-refractivity contribution in [3.63, 3.8) is 0 Å². The Balaban J connectivity index is 1.45. The van der Waals surface area contributed by atoms with Crippen molar-refractivity contribution < 1.29 is 23.3 Å². The topological polar surface area (TPSA) is 159 Å². The molecular formula is C23H24FN9O4. The van der Waals surface area contributed by atoms with Gasteiger partial charge in [0.25, 0.3) is 5.91 Å². The van der Waals surface area contributed by atoms with Crippen molar-refractivity contribution in [2.75, 3.05) is 26.9 Å². The zero-order valence-corrected chi connectivity index (χ0v) is 20.3. The first kappa shape index (κ1) is 25.2. The lowest BCUT2D eigenvalue weighted by Gasteiger charge is -2.11. The van der Waals surface area contributed by atoms with E-state index in [1.807, 2.05) is 19.0 Å². The van der Waals surface area contributed by atoms with Gasteiger partial charge in [0.2, 0.25) is 11.6 Å². The highest BCUT2D eigenvalue weighted by molar-refractivity contribution is 5.94. The van der Waals surface area contributed by atoms with E-state index < -0.39 is 5.91 Å². The Bertz CT molecular complexity index is 1400. The van der Waals surface area contributed by atoms with Crippen LogP contribution in [0.1, 0.15) is 27.3 Å². The monoisotopic (exact) mass is 509 g/mol. The van der Waals surface area contributed by atoms with Gasteiger partial charge in [-0.15, -0.1) is 5.10 Å². The largest absolute Gasteiger partial charge is 0.493 e. The molecule has 0 atom stereocenters. The van der Waals surface area contributed by atoms with Gasteiger partial charge in [-0.3, -0.25) is 4.79 Å². The standard InChI is InChI=1S/C23H24FN9O4/c1-32(2)12-17-20(27-31-33(17)22-21(25)29-37-30-22)23(34)28-26-11-15-6-9-18(19(10-15)35-3)36-13-14-4-7-16(24)8-5-14/h4-11H,12-13H2,1-3H3,(H2,25,29)(H,28,34)/b26-11-. The number of methoxy groups -OCH3 is 1. The van der Waals surface area contributed by atoms with Crippen LogP contribution in [-0.2, 0) is 13.2 Å². The molecule has 4 rings (SSSR count). The quantitative estimate of drug-likeness (QED) is 0.238. The Kier molecular flexibility index (Phi) is 7.68. The molecule has 0 aliphatic rings. The van der Waals surface area contributed by atoms with Crippen LogP contribution in [0.4, 0.5) is 10.2 Å². The molecule has 0 fully saturated rings. The molecule has 0 radical (unpaired) electrons. The van der Waals surface area contributed by atoms with Crippen LogP contribution in [0.25, 0.3) is 5.82 Å². The number of hydrogen-bond donors (Lipinski definition) is 2. The Morgan fingerprint density at radius 2 is 2.00 bits per heavy atom. The highest BCUT2D eigenvalue weighted by atomic mass is 19.1. The molecule has 0 bridgehead atoms. The molecule has 14 heteroatoms. The molecule has 37 heavy (non-hydrogen) atoms. The number of halogens is 1. The van der Waals surface area contributed by atoms with Crippen molar-refractivity contribution in [3.05, 3.63) is 70.8 Å². The number of anilines is 1. The number of rotatable bonds is 10. The molecule has 192 valence electrons. The summed E-state index contributed by atoms with van der Waals surface area (Å²) in [5.41, 5.74) is 10.1. The Hall–Kier alpha value is -4.85. The first-order chi connectivity index (χ1) is 17.9. The lowest BCUT2D eigenvalue weighted by atomic mass is 10.2. The molecule has 2 aromatic carbocycles. The van der Waals surface area contributed by atoms with Crippen LogP contribution in [0.5, 0.6) is 11.5 Å². The van der Waals surface area contributed by atoms with Crippen molar-refractivity contribution in [1.82, 2.24) is 35.6 Å². The number of ether oxygens (including phenoxy) is 2. The molecule has 4 aromatic rings. The van der Waals surface area contributed by atoms with Gasteiger partial charge in [0.15, 0.2) is 17.2 Å². The third kappa shape index (κ3) is 6.05. The maximum atomic E-state index is 13.1. The summed E-state index contributed by atoms with van der Waals surface area (Å²) in [6, 6.07) is 11.2. The van der Waals surface area contributed by atoms with Gasteiger partial charge < -0.3 is 20.1 Å².